The molecule has 0 N–H and O–H groups in total. The number of rotatable bonds is 2. The summed E-state index contributed by atoms with van der Waals surface area (Å²) in [6, 6.07) is 0.0178. The maximum absolute atomic E-state index is 13.0. The van der Waals surface area contributed by atoms with E-state index in [0.29, 0.717) is 5.82 Å². The van der Waals surface area contributed by atoms with E-state index in [-0.39, 0.29) is 6.04 Å². The molecule has 16 heavy (non-hydrogen) atoms. The van der Waals surface area contributed by atoms with Gasteiger partial charge in [0.2, 0.25) is 0 Å². The van der Waals surface area contributed by atoms with Gasteiger partial charge in [0.15, 0.2) is 0 Å². The van der Waals surface area contributed by atoms with Gasteiger partial charge >= 0.3 is 10.2 Å². The molecule has 90 valence electrons. The third-order valence-electron chi connectivity index (χ3n) is 2.99. The third kappa shape index (κ3) is 2.09. The summed E-state index contributed by atoms with van der Waals surface area (Å²) in [5.74, 6) is 0.461. The first-order valence-electron chi connectivity index (χ1n) is 5.36. The van der Waals surface area contributed by atoms with Crippen LogP contribution in [-0.4, -0.2) is 23.2 Å². The van der Waals surface area contributed by atoms with E-state index in [9.17, 15) is 12.3 Å². The molecule has 0 saturated heterocycles. The quantitative estimate of drug-likeness (QED) is 0.747. The van der Waals surface area contributed by atoms with E-state index >= 15 is 0 Å². The molecule has 1 heterocycles. The molecule has 1 fully saturated rings. The van der Waals surface area contributed by atoms with Gasteiger partial charge in [-0.05, 0) is 19.8 Å². The van der Waals surface area contributed by atoms with Gasteiger partial charge in [-0.2, -0.15) is 8.42 Å². The summed E-state index contributed by atoms with van der Waals surface area (Å²) in [7, 11) is -4.77. The minimum Gasteiger partial charge on any atom is -0.297 e. The van der Waals surface area contributed by atoms with Crippen molar-refractivity contribution in [2.45, 2.75) is 50.2 Å². The molecule has 1 saturated carbocycles. The highest BCUT2D eigenvalue weighted by Gasteiger charge is 2.28. The standard InChI is InChI=1S/C9H14FN3O2S/c1-7-11-12-9(16(10,14)15)13(7)8-5-3-2-4-6-8/h8H,2-6H2,1H3. The van der Waals surface area contributed by atoms with Gasteiger partial charge in [-0.15, -0.1) is 10.2 Å². The highest BCUT2D eigenvalue weighted by atomic mass is 32.3. The molecule has 1 aromatic heterocycles. The zero-order valence-corrected chi connectivity index (χ0v) is 9.87. The van der Waals surface area contributed by atoms with Crippen LogP contribution in [0.5, 0.6) is 0 Å². The third-order valence-corrected chi connectivity index (χ3v) is 3.71. The van der Waals surface area contributed by atoms with Gasteiger partial charge in [-0.1, -0.05) is 23.1 Å². The molecule has 7 heteroatoms. The number of hydrogen-bond acceptors (Lipinski definition) is 4. The average Bonchev–Trinajstić information content (AvgIpc) is 2.61. The Kier molecular flexibility index (Phi) is 2.96. The Morgan fingerprint density at radius 1 is 1.25 bits per heavy atom. The minimum atomic E-state index is -4.77. The van der Waals surface area contributed by atoms with E-state index in [1.54, 1.807) is 6.92 Å². The Balaban J connectivity index is 2.42. The minimum absolute atomic E-state index is 0.0178. The van der Waals surface area contributed by atoms with Gasteiger partial charge in [0.25, 0.3) is 5.16 Å². The highest BCUT2D eigenvalue weighted by molar-refractivity contribution is 7.86. The molecule has 1 aliphatic carbocycles. The molecular weight excluding hydrogens is 233 g/mol. The van der Waals surface area contributed by atoms with Crippen LogP contribution in [0.25, 0.3) is 0 Å². The van der Waals surface area contributed by atoms with Crippen molar-refractivity contribution in [1.29, 1.82) is 0 Å². The van der Waals surface area contributed by atoms with Gasteiger partial charge in [0.05, 0.1) is 0 Å². The van der Waals surface area contributed by atoms with Crippen molar-refractivity contribution in [3.05, 3.63) is 5.82 Å². The second kappa shape index (κ2) is 4.12. The number of halogens is 1. The molecule has 0 amide bonds. The first-order valence-corrected chi connectivity index (χ1v) is 6.74. The van der Waals surface area contributed by atoms with Crippen molar-refractivity contribution in [1.82, 2.24) is 14.8 Å². The lowest BCUT2D eigenvalue weighted by atomic mass is 9.95. The average molecular weight is 247 g/mol. The predicted molar refractivity (Wildman–Crippen MR) is 55.2 cm³/mol. The van der Waals surface area contributed by atoms with E-state index in [0.717, 1.165) is 32.1 Å². The maximum atomic E-state index is 13.0. The predicted octanol–water partition coefficient (Wildman–Crippen LogP) is 1.75. The van der Waals surface area contributed by atoms with Crippen molar-refractivity contribution >= 4 is 10.2 Å². The molecule has 5 nitrogen and oxygen atoms in total. The Labute approximate surface area is 93.9 Å². The Bertz CT molecular complexity index is 477. The van der Waals surface area contributed by atoms with Crippen LogP contribution in [0.4, 0.5) is 3.89 Å². The van der Waals surface area contributed by atoms with E-state index in [4.69, 9.17) is 0 Å². The van der Waals surface area contributed by atoms with Gasteiger partial charge in [-0.25, -0.2) is 0 Å². The van der Waals surface area contributed by atoms with Crippen LogP contribution in [-0.2, 0) is 10.2 Å². The van der Waals surface area contributed by atoms with E-state index in [2.05, 4.69) is 10.2 Å². The number of aromatic nitrogens is 3. The zero-order chi connectivity index (χ0) is 11.8. The topological polar surface area (TPSA) is 64.8 Å². The van der Waals surface area contributed by atoms with E-state index < -0.39 is 15.4 Å². The molecule has 2 rings (SSSR count). The molecule has 0 spiro atoms. The lowest BCUT2D eigenvalue weighted by Crippen LogP contribution is -2.18. The Hall–Kier alpha value is -0.980. The second-order valence-corrected chi connectivity index (χ2v) is 5.37. The summed E-state index contributed by atoms with van der Waals surface area (Å²) in [4.78, 5) is 0. The highest BCUT2D eigenvalue weighted by Crippen LogP contribution is 2.31. The molecule has 0 aliphatic heterocycles. The fraction of sp³-hybridized carbons (Fsp3) is 0.778. The number of hydrogen-bond donors (Lipinski definition) is 0. The first kappa shape index (κ1) is 11.5. The van der Waals surface area contributed by atoms with Crippen LogP contribution < -0.4 is 0 Å². The SMILES string of the molecule is Cc1nnc(S(=O)(=O)F)n1C1CCCCC1. The Morgan fingerprint density at radius 3 is 2.44 bits per heavy atom. The van der Waals surface area contributed by atoms with Gasteiger partial charge in [-0.3, -0.25) is 4.57 Å². The molecular formula is C9H14FN3O2S. The molecule has 1 aromatic rings. The lowest BCUT2D eigenvalue weighted by Gasteiger charge is -2.24. The summed E-state index contributed by atoms with van der Waals surface area (Å²) >= 11 is 0. The van der Waals surface area contributed by atoms with Crippen molar-refractivity contribution in [3.63, 3.8) is 0 Å². The molecule has 0 aromatic carbocycles. The molecule has 0 unspecified atom stereocenters. The van der Waals surface area contributed by atoms with Crippen LogP contribution in [0.15, 0.2) is 5.16 Å². The number of nitrogens with zero attached hydrogens (tertiary/aromatic N) is 3. The zero-order valence-electron chi connectivity index (χ0n) is 9.06. The lowest BCUT2D eigenvalue weighted by molar-refractivity contribution is 0.327. The van der Waals surface area contributed by atoms with Crippen LogP contribution in [0.3, 0.4) is 0 Å². The van der Waals surface area contributed by atoms with Gasteiger partial charge in [0, 0.05) is 6.04 Å². The van der Waals surface area contributed by atoms with E-state index in [1.165, 1.54) is 4.57 Å². The second-order valence-electron chi connectivity index (χ2n) is 4.13. The van der Waals surface area contributed by atoms with Crippen LogP contribution in [0.1, 0.15) is 44.0 Å². The molecule has 0 atom stereocenters. The van der Waals surface area contributed by atoms with Crippen LogP contribution in [0, 0.1) is 6.92 Å². The summed E-state index contributed by atoms with van der Waals surface area (Å²) in [6.07, 6.45) is 4.94. The first-order chi connectivity index (χ1) is 7.50. The smallest absolute Gasteiger partial charge is 0.297 e. The van der Waals surface area contributed by atoms with E-state index in [1.807, 2.05) is 0 Å². The van der Waals surface area contributed by atoms with Crippen molar-refractivity contribution < 1.29 is 12.3 Å². The molecule has 1 aliphatic rings. The van der Waals surface area contributed by atoms with Gasteiger partial charge < -0.3 is 0 Å². The maximum Gasteiger partial charge on any atom is 0.368 e. The summed E-state index contributed by atoms with van der Waals surface area (Å²) in [5, 5.41) is 6.52. The summed E-state index contributed by atoms with van der Waals surface area (Å²) in [5.41, 5.74) is 0. The molecule has 0 bridgehead atoms. The van der Waals surface area contributed by atoms with Crippen LogP contribution >= 0.6 is 0 Å². The van der Waals surface area contributed by atoms with Crippen LogP contribution in [0.2, 0.25) is 0 Å². The normalized spacial score (nSPS) is 18.9. The molecule has 0 radical (unpaired) electrons. The Morgan fingerprint density at radius 2 is 1.88 bits per heavy atom. The van der Waals surface area contributed by atoms with Crippen molar-refractivity contribution in [3.8, 4) is 0 Å². The summed E-state index contributed by atoms with van der Waals surface area (Å²) in [6.45, 7) is 1.65. The van der Waals surface area contributed by atoms with Crippen molar-refractivity contribution in [2.75, 3.05) is 0 Å². The monoisotopic (exact) mass is 247 g/mol. The summed E-state index contributed by atoms with van der Waals surface area (Å²) < 4.78 is 36.3. The number of aryl methyl sites for hydroxylation is 1. The largest absolute Gasteiger partial charge is 0.368 e. The fourth-order valence-electron chi connectivity index (χ4n) is 2.28. The van der Waals surface area contributed by atoms with Gasteiger partial charge in [0.1, 0.15) is 5.82 Å². The van der Waals surface area contributed by atoms with Crippen molar-refractivity contribution in [2.24, 2.45) is 0 Å². The fourth-order valence-corrected chi connectivity index (χ4v) is 2.93.